The Morgan fingerprint density at radius 2 is 1.54 bits per heavy atom. The van der Waals surface area contributed by atoms with E-state index >= 15 is 0 Å². The molecule has 126 valence electrons. The summed E-state index contributed by atoms with van der Waals surface area (Å²) in [5, 5.41) is 2.95. The van der Waals surface area contributed by atoms with E-state index in [4.69, 9.17) is 0 Å². The van der Waals surface area contributed by atoms with Crippen molar-refractivity contribution in [1.82, 2.24) is 9.97 Å². The third-order valence-corrected chi connectivity index (χ3v) is 6.24. The zero-order chi connectivity index (χ0) is 17.8. The molecule has 5 heteroatoms. The number of hydrogen-bond donors (Lipinski definition) is 1. The molecule has 4 nitrogen and oxygen atoms in total. The number of benzene rings is 2. The fourth-order valence-corrected chi connectivity index (χ4v) is 4.80. The van der Waals surface area contributed by atoms with Gasteiger partial charge < -0.3 is 0 Å². The average Bonchev–Trinajstić information content (AvgIpc) is 3.16. The molecule has 0 radical (unpaired) electrons. The Kier molecular flexibility index (Phi) is 4.73. The van der Waals surface area contributed by atoms with Gasteiger partial charge >= 0.3 is 157 Å². The Morgan fingerprint density at radius 3 is 2.23 bits per heavy atom. The molecule has 0 saturated carbocycles. The molecule has 0 saturated heterocycles. The van der Waals surface area contributed by atoms with E-state index in [0.717, 1.165) is 25.8 Å². The zero-order valence-corrected chi connectivity index (χ0v) is 15.5. The first-order valence-corrected chi connectivity index (χ1v) is 9.85. The van der Waals surface area contributed by atoms with Crippen molar-refractivity contribution in [2.45, 2.75) is 0 Å². The molecular formula is C21H15N3OSe. The van der Waals surface area contributed by atoms with E-state index in [1.54, 1.807) is 12.4 Å². The standard InChI is InChI=1S/C21H15N3OSe/c25-20(23-17-11-5-2-6-12-17)18-19(15-8-3-1-4-9-15)26-21(24-18)16-10-7-13-22-14-16/h1-14H,(H,23,25). The SMILES string of the molecule is O=C(Nc1ccccc1)c1nc(-c2cccnc2)[se]c1-c1ccccc1. The van der Waals surface area contributed by atoms with Crippen LogP contribution in [-0.2, 0) is 0 Å². The van der Waals surface area contributed by atoms with Crippen LogP contribution < -0.4 is 5.32 Å². The van der Waals surface area contributed by atoms with Crippen LogP contribution in [0, 0.1) is 0 Å². The molecule has 1 amide bonds. The van der Waals surface area contributed by atoms with E-state index in [1.807, 2.05) is 72.8 Å². The van der Waals surface area contributed by atoms with Crippen LogP contribution in [0.5, 0.6) is 0 Å². The number of anilines is 1. The van der Waals surface area contributed by atoms with Crippen molar-refractivity contribution in [2.24, 2.45) is 0 Å². The van der Waals surface area contributed by atoms with E-state index in [2.05, 4.69) is 15.3 Å². The fraction of sp³-hybridized carbons (Fsp3) is 0. The normalized spacial score (nSPS) is 10.5. The van der Waals surface area contributed by atoms with Crippen molar-refractivity contribution in [3.63, 3.8) is 0 Å². The molecular weight excluding hydrogens is 389 g/mol. The molecule has 0 aliphatic carbocycles. The summed E-state index contributed by atoms with van der Waals surface area (Å²) in [5.41, 5.74) is 3.24. The fourth-order valence-electron chi connectivity index (χ4n) is 2.58. The maximum atomic E-state index is 12.9. The van der Waals surface area contributed by atoms with Gasteiger partial charge in [0.05, 0.1) is 0 Å². The number of pyridine rings is 1. The molecule has 0 unspecified atom stereocenters. The van der Waals surface area contributed by atoms with Crippen molar-refractivity contribution in [2.75, 3.05) is 5.32 Å². The average molecular weight is 404 g/mol. The van der Waals surface area contributed by atoms with Crippen molar-refractivity contribution in [3.05, 3.63) is 90.9 Å². The number of amides is 1. The summed E-state index contributed by atoms with van der Waals surface area (Å²) < 4.78 is 1.91. The summed E-state index contributed by atoms with van der Waals surface area (Å²) in [6.07, 6.45) is 3.53. The van der Waals surface area contributed by atoms with Crippen LogP contribution in [0.4, 0.5) is 5.69 Å². The van der Waals surface area contributed by atoms with Crippen LogP contribution >= 0.6 is 0 Å². The zero-order valence-electron chi connectivity index (χ0n) is 13.8. The van der Waals surface area contributed by atoms with Crippen LogP contribution in [-0.4, -0.2) is 30.4 Å². The van der Waals surface area contributed by atoms with Crippen LogP contribution in [0.2, 0.25) is 0 Å². The number of hydrogen-bond acceptors (Lipinski definition) is 3. The van der Waals surface area contributed by atoms with Gasteiger partial charge in [0.25, 0.3) is 0 Å². The Morgan fingerprint density at radius 1 is 0.846 bits per heavy atom. The van der Waals surface area contributed by atoms with Gasteiger partial charge in [-0.15, -0.1) is 0 Å². The first-order chi connectivity index (χ1) is 12.8. The van der Waals surface area contributed by atoms with E-state index in [0.29, 0.717) is 5.69 Å². The third kappa shape index (κ3) is 3.49. The molecule has 0 spiro atoms. The van der Waals surface area contributed by atoms with Crippen LogP contribution in [0.25, 0.3) is 20.1 Å². The number of carbonyl (C=O) groups excluding carboxylic acids is 1. The van der Waals surface area contributed by atoms with Gasteiger partial charge in [-0.1, -0.05) is 0 Å². The van der Waals surface area contributed by atoms with E-state index in [-0.39, 0.29) is 20.4 Å². The van der Waals surface area contributed by atoms with Gasteiger partial charge in [-0.25, -0.2) is 0 Å². The second-order valence-corrected chi connectivity index (χ2v) is 7.72. The number of rotatable bonds is 4. The molecule has 0 atom stereocenters. The summed E-state index contributed by atoms with van der Waals surface area (Å²) in [5.74, 6) is -0.184. The Hall–Kier alpha value is -3.01. The van der Waals surface area contributed by atoms with Crippen molar-refractivity contribution < 1.29 is 4.79 Å². The molecule has 2 aromatic heterocycles. The van der Waals surface area contributed by atoms with Gasteiger partial charge in [0.15, 0.2) is 0 Å². The van der Waals surface area contributed by atoms with Gasteiger partial charge in [-0.2, -0.15) is 0 Å². The molecule has 0 bridgehead atoms. The summed E-state index contributed by atoms with van der Waals surface area (Å²) >= 11 is -0.0618. The molecule has 2 aromatic carbocycles. The summed E-state index contributed by atoms with van der Waals surface area (Å²) in [7, 11) is 0. The van der Waals surface area contributed by atoms with Gasteiger partial charge in [0, 0.05) is 0 Å². The predicted octanol–water partition coefficient (Wildman–Crippen LogP) is 4.12. The second kappa shape index (κ2) is 7.48. The Bertz CT molecular complexity index is 1020. The molecule has 4 aromatic rings. The first-order valence-electron chi connectivity index (χ1n) is 8.14. The van der Waals surface area contributed by atoms with Crippen LogP contribution in [0.1, 0.15) is 10.5 Å². The number of aromatic nitrogens is 2. The quantitative estimate of drug-likeness (QED) is 0.521. The minimum absolute atomic E-state index is 0.0618. The topological polar surface area (TPSA) is 54.9 Å². The summed E-state index contributed by atoms with van der Waals surface area (Å²) in [4.78, 5) is 21.8. The molecule has 0 fully saturated rings. The summed E-state index contributed by atoms with van der Waals surface area (Å²) in [6, 6.07) is 23.3. The number of nitrogens with one attached hydrogen (secondary N) is 1. The minimum atomic E-state index is -0.184. The second-order valence-electron chi connectivity index (χ2n) is 5.62. The number of carbonyl (C=O) groups is 1. The van der Waals surface area contributed by atoms with Crippen LogP contribution in [0.3, 0.4) is 0 Å². The van der Waals surface area contributed by atoms with Gasteiger partial charge in [0.2, 0.25) is 0 Å². The molecule has 2 heterocycles. The van der Waals surface area contributed by atoms with Crippen molar-refractivity contribution >= 4 is 26.1 Å². The van der Waals surface area contributed by atoms with E-state index < -0.39 is 0 Å². The number of para-hydroxylation sites is 1. The maximum absolute atomic E-state index is 12.9. The van der Waals surface area contributed by atoms with E-state index in [1.165, 1.54) is 0 Å². The Labute approximate surface area is 157 Å². The Balaban J connectivity index is 1.77. The molecule has 0 aliphatic rings. The summed E-state index contributed by atoms with van der Waals surface area (Å²) in [6.45, 7) is 0. The molecule has 26 heavy (non-hydrogen) atoms. The van der Waals surface area contributed by atoms with Crippen molar-refractivity contribution in [3.8, 4) is 20.1 Å². The van der Waals surface area contributed by atoms with Crippen LogP contribution in [0.15, 0.2) is 85.2 Å². The molecule has 1 N–H and O–H groups in total. The van der Waals surface area contributed by atoms with Gasteiger partial charge in [-0.3, -0.25) is 0 Å². The third-order valence-electron chi connectivity index (χ3n) is 3.82. The monoisotopic (exact) mass is 405 g/mol. The molecule has 0 aliphatic heterocycles. The van der Waals surface area contributed by atoms with Gasteiger partial charge in [0.1, 0.15) is 0 Å². The number of nitrogens with zero attached hydrogens (tertiary/aromatic N) is 2. The molecule has 4 rings (SSSR count). The van der Waals surface area contributed by atoms with Gasteiger partial charge in [-0.05, 0) is 0 Å². The van der Waals surface area contributed by atoms with Crippen molar-refractivity contribution in [1.29, 1.82) is 0 Å². The van der Waals surface area contributed by atoms with E-state index in [9.17, 15) is 4.79 Å². The predicted molar refractivity (Wildman–Crippen MR) is 104 cm³/mol. The first kappa shape index (κ1) is 16.5.